The Bertz CT molecular complexity index is 353. The number of carboxylic acids is 1. The number of carbonyl (C=O) groups is 1. The summed E-state index contributed by atoms with van der Waals surface area (Å²) < 4.78 is 0. The first-order valence-electron chi connectivity index (χ1n) is 5.35. The highest BCUT2D eigenvalue weighted by Crippen LogP contribution is 2.18. The molecule has 0 unspecified atom stereocenters. The Kier molecular flexibility index (Phi) is 4.79. The van der Waals surface area contributed by atoms with E-state index >= 15 is 0 Å². The highest BCUT2D eigenvalue weighted by molar-refractivity contribution is 5.94. The largest absolute Gasteiger partial charge is 0.478 e. The first-order chi connectivity index (χ1) is 7.66. The van der Waals surface area contributed by atoms with E-state index in [-0.39, 0.29) is 0 Å². The minimum Gasteiger partial charge on any atom is -0.478 e. The predicted molar refractivity (Wildman–Crippen MR) is 65.2 cm³/mol. The molecule has 0 radical (unpaired) electrons. The molecule has 2 N–H and O–H groups in total. The summed E-state index contributed by atoms with van der Waals surface area (Å²) in [5, 5.41) is 12.1. The number of anilines is 1. The molecule has 0 spiro atoms. The molecule has 1 rings (SSSR count). The van der Waals surface area contributed by atoms with Gasteiger partial charge in [-0.15, -0.1) is 0 Å². The monoisotopic (exact) mass is 222 g/mol. The van der Waals surface area contributed by atoms with Crippen LogP contribution in [-0.4, -0.2) is 38.3 Å². The zero-order valence-corrected chi connectivity index (χ0v) is 9.73. The third-order valence-electron chi connectivity index (χ3n) is 2.47. The standard InChI is InChI=1S/C12H18N2O2/c1-13-8-5-9-14(2)11-7-4-3-6-10(11)12(15)16/h3-4,6-7,13H,5,8-9H2,1-2H3,(H,15,16). The van der Waals surface area contributed by atoms with E-state index in [4.69, 9.17) is 5.11 Å². The van der Waals surface area contributed by atoms with Crippen LogP contribution < -0.4 is 10.2 Å². The van der Waals surface area contributed by atoms with Gasteiger partial charge in [-0.25, -0.2) is 4.79 Å². The van der Waals surface area contributed by atoms with Crippen LogP contribution in [0.3, 0.4) is 0 Å². The van der Waals surface area contributed by atoms with Gasteiger partial charge in [0.05, 0.1) is 11.3 Å². The quantitative estimate of drug-likeness (QED) is 0.715. The van der Waals surface area contributed by atoms with E-state index < -0.39 is 5.97 Å². The van der Waals surface area contributed by atoms with Crippen LogP contribution in [0.2, 0.25) is 0 Å². The lowest BCUT2D eigenvalue weighted by atomic mass is 10.1. The second-order valence-corrected chi connectivity index (χ2v) is 3.70. The molecule has 0 bridgehead atoms. The van der Waals surface area contributed by atoms with Crippen LogP contribution in [0.4, 0.5) is 5.69 Å². The van der Waals surface area contributed by atoms with Crippen molar-refractivity contribution in [2.24, 2.45) is 0 Å². The van der Waals surface area contributed by atoms with E-state index in [2.05, 4.69) is 5.32 Å². The van der Waals surface area contributed by atoms with Gasteiger partial charge in [0.25, 0.3) is 0 Å². The number of nitrogens with one attached hydrogen (secondary N) is 1. The molecule has 0 aliphatic rings. The average molecular weight is 222 g/mol. The Morgan fingerprint density at radius 1 is 1.44 bits per heavy atom. The number of hydrogen-bond donors (Lipinski definition) is 2. The fourth-order valence-corrected chi connectivity index (χ4v) is 1.60. The molecule has 0 saturated carbocycles. The van der Waals surface area contributed by atoms with Crippen molar-refractivity contribution in [1.82, 2.24) is 5.32 Å². The lowest BCUT2D eigenvalue weighted by Gasteiger charge is -2.20. The smallest absolute Gasteiger partial charge is 0.337 e. The molecule has 0 saturated heterocycles. The van der Waals surface area contributed by atoms with E-state index in [1.54, 1.807) is 12.1 Å². The highest BCUT2D eigenvalue weighted by Gasteiger charge is 2.11. The van der Waals surface area contributed by atoms with Crippen LogP contribution in [0.15, 0.2) is 24.3 Å². The zero-order valence-electron chi connectivity index (χ0n) is 9.73. The SMILES string of the molecule is CNCCCN(C)c1ccccc1C(=O)O. The molecule has 1 aromatic rings. The first-order valence-corrected chi connectivity index (χ1v) is 5.35. The topological polar surface area (TPSA) is 52.6 Å². The van der Waals surface area contributed by atoms with Gasteiger partial charge in [0.1, 0.15) is 0 Å². The lowest BCUT2D eigenvalue weighted by molar-refractivity contribution is 0.0697. The van der Waals surface area contributed by atoms with Crippen molar-refractivity contribution >= 4 is 11.7 Å². The molecule has 4 heteroatoms. The molecular weight excluding hydrogens is 204 g/mol. The van der Waals surface area contributed by atoms with Crippen LogP contribution in [0.25, 0.3) is 0 Å². The summed E-state index contributed by atoms with van der Waals surface area (Å²) in [6.07, 6.45) is 0.987. The van der Waals surface area contributed by atoms with E-state index in [9.17, 15) is 4.79 Å². The van der Waals surface area contributed by atoms with Crippen LogP contribution >= 0.6 is 0 Å². The average Bonchev–Trinajstić information content (AvgIpc) is 2.29. The van der Waals surface area contributed by atoms with Gasteiger partial charge < -0.3 is 15.3 Å². The lowest BCUT2D eigenvalue weighted by Crippen LogP contribution is -2.23. The summed E-state index contributed by atoms with van der Waals surface area (Å²) in [4.78, 5) is 13.0. The van der Waals surface area contributed by atoms with Crippen LogP contribution in [0, 0.1) is 0 Å². The molecule has 0 aliphatic carbocycles. The van der Waals surface area contributed by atoms with Crippen molar-refractivity contribution in [3.05, 3.63) is 29.8 Å². The van der Waals surface area contributed by atoms with Crippen molar-refractivity contribution in [2.75, 3.05) is 32.1 Å². The van der Waals surface area contributed by atoms with Crippen molar-refractivity contribution in [2.45, 2.75) is 6.42 Å². The van der Waals surface area contributed by atoms with Crippen LogP contribution in [-0.2, 0) is 0 Å². The zero-order chi connectivity index (χ0) is 12.0. The van der Waals surface area contributed by atoms with Gasteiger partial charge in [-0.2, -0.15) is 0 Å². The molecular formula is C12H18N2O2. The summed E-state index contributed by atoms with van der Waals surface area (Å²) in [6, 6.07) is 7.07. The van der Waals surface area contributed by atoms with Crippen LogP contribution in [0.1, 0.15) is 16.8 Å². The number of carboxylic acid groups (broad SMARTS) is 1. The van der Waals surface area contributed by atoms with Gasteiger partial charge in [-0.05, 0) is 32.1 Å². The van der Waals surface area contributed by atoms with Crippen molar-refractivity contribution in [3.63, 3.8) is 0 Å². The van der Waals surface area contributed by atoms with Crippen molar-refractivity contribution in [3.8, 4) is 0 Å². The van der Waals surface area contributed by atoms with E-state index in [0.29, 0.717) is 5.56 Å². The summed E-state index contributed by atoms with van der Waals surface area (Å²) in [5.41, 5.74) is 1.13. The van der Waals surface area contributed by atoms with Gasteiger partial charge >= 0.3 is 5.97 Å². The normalized spacial score (nSPS) is 10.1. The molecule has 0 aliphatic heterocycles. The maximum atomic E-state index is 11.0. The number of benzene rings is 1. The van der Waals surface area contributed by atoms with E-state index in [0.717, 1.165) is 25.2 Å². The van der Waals surface area contributed by atoms with Gasteiger partial charge in [-0.1, -0.05) is 12.1 Å². The maximum absolute atomic E-state index is 11.0. The Balaban J connectivity index is 2.74. The van der Waals surface area contributed by atoms with Gasteiger partial charge in [0, 0.05) is 13.6 Å². The number of aromatic carboxylic acids is 1. The fourth-order valence-electron chi connectivity index (χ4n) is 1.60. The van der Waals surface area contributed by atoms with E-state index in [1.807, 2.05) is 31.1 Å². The summed E-state index contributed by atoms with van der Waals surface area (Å²) in [6.45, 7) is 1.77. The summed E-state index contributed by atoms with van der Waals surface area (Å²) in [7, 11) is 3.82. The fraction of sp³-hybridized carbons (Fsp3) is 0.417. The summed E-state index contributed by atoms with van der Waals surface area (Å²) >= 11 is 0. The second-order valence-electron chi connectivity index (χ2n) is 3.70. The number of hydrogen-bond acceptors (Lipinski definition) is 3. The second kappa shape index (κ2) is 6.12. The molecule has 0 atom stereocenters. The Morgan fingerprint density at radius 3 is 2.75 bits per heavy atom. The number of nitrogens with zero attached hydrogens (tertiary/aromatic N) is 1. The molecule has 4 nitrogen and oxygen atoms in total. The van der Waals surface area contributed by atoms with E-state index in [1.165, 1.54) is 0 Å². The number of para-hydroxylation sites is 1. The van der Waals surface area contributed by atoms with Gasteiger partial charge in [0.15, 0.2) is 0 Å². The third kappa shape index (κ3) is 3.24. The Morgan fingerprint density at radius 2 is 2.12 bits per heavy atom. The molecule has 16 heavy (non-hydrogen) atoms. The van der Waals surface area contributed by atoms with Crippen molar-refractivity contribution < 1.29 is 9.90 Å². The predicted octanol–water partition coefficient (Wildman–Crippen LogP) is 1.43. The van der Waals surface area contributed by atoms with Crippen LogP contribution in [0.5, 0.6) is 0 Å². The molecule has 1 aromatic carbocycles. The molecule has 0 heterocycles. The molecule has 88 valence electrons. The first kappa shape index (κ1) is 12.5. The van der Waals surface area contributed by atoms with Crippen molar-refractivity contribution in [1.29, 1.82) is 0 Å². The Hall–Kier alpha value is -1.55. The van der Waals surface area contributed by atoms with Gasteiger partial charge in [0.2, 0.25) is 0 Å². The Labute approximate surface area is 95.9 Å². The maximum Gasteiger partial charge on any atom is 0.337 e. The summed E-state index contributed by atoms with van der Waals surface area (Å²) in [5.74, 6) is -0.879. The number of rotatable bonds is 6. The molecule has 0 amide bonds. The third-order valence-corrected chi connectivity index (χ3v) is 2.47. The molecule has 0 fully saturated rings. The minimum atomic E-state index is -0.879. The minimum absolute atomic E-state index is 0.356. The van der Waals surface area contributed by atoms with Gasteiger partial charge in [-0.3, -0.25) is 0 Å². The molecule has 0 aromatic heterocycles. The highest BCUT2D eigenvalue weighted by atomic mass is 16.4.